The Bertz CT molecular complexity index is 908. The van der Waals surface area contributed by atoms with Gasteiger partial charge < -0.3 is 20.7 Å². The van der Waals surface area contributed by atoms with E-state index >= 15 is 0 Å². The molecule has 29 heavy (non-hydrogen) atoms. The number of aryl methyl sites for hydroxylation is 1. The molecular formula is C20H21BrF2IN3O2. The molecule has 0 aromatic heterocycles. The highest BCUT2D eigenvalue weighted by Crippen LogP contribution is 2.32. The molecule has 5 nitrogen and oxygen atoms in total. The topological polar surface area (TPSA) is 62.4 Å². The van der Waals surface area contributed by atoms with E-state index in [9.17, 15) is 13.6 Å². The van der Waals surface area contributed by atoms with Crippen LogP contribution in [0.4, 0.5) is 20.2 Å². The number of halogens is 4. The van der Waals surface area contributed by atoms with E-state index in [-0.39, 0.29) is 21.8 Å². The minimum atomic E-state index is -1.11. The van der Waals surface area contributed by atoms with Gasteiger partial charge in [-0.25, -0.2) is 8.78 Å². The van der Waals surface area contributed by atoms with Gasteiger partial charge in [0.15, 0.2) is 11.6 Å². The molecule has 1 amide bonds. The average molecular weight is 580 g/mol. The van der Waals surface area contributed by atoms with E-state index in [2.05, 4.69) is 54.5 Å². The van der Waals surface area contributed by atoms with Gasteiger partial charge in [0.1, 0.15) is 0 Å². The molecule has 1 atom stereocenters. The van der Waals surface area contributed by atoms with Crippen molar-refractivity contribution in [3.05, 3.63) is 55.1 Å². The van der Waals surface area contributed by atoms with E-state index in [1.54, 1.807) is 6.07 Å². The number of amides is 1. The molecule has 0 spiro atoms. The zero-order valence-electron chi connectivity index (χ0n) is 15.8. The summed E-state index contributed by atoms with van der Waals surface area (Å²) in [6.07, 6.45) is 0.649. The Balaban J connectivity index is 1.80. The molecule has 1 heterocycles. The summed E-state index contributed by atoms with van der Waals surface area (Å²) in [4.78, 5) is 12.7. The molecule has 9 heteroatoms. The maximum atomic E-state index is 14.7. The van der Waals surface area contributed by atoms with Crippen molar-refractivity contribution in [3.8, 4) is 0 Å². The summed E-state index contributed by atoms with van der Waals surface area (Å²) in [5, 5.41) is 8.89. The lowest BCUT2D eigenvalue weighted by Gasteiger charge is -2.23. The molecule has 3 rings (SSSR count). The van der Waals surface area contributed by atoms with Crippen LogP contribution >= 0.6 is 38.5 Å². The second-order valence-electron chi connectivity index (χ2n) is 6.73. The van der Waals surface area contributed by atoms with Gasteiger partial charge >= 0.3 is 0 Å². The van der Waals surface area contributed by atoms with Gasteiger partial charge in [-0.3, -0.25) is 4.79 Å². The minimum absolute atomic E-state index is 0.0211. The van der Waals surface area contributed by atoms with Crippen molar-refractivity contribution in [2.75, 3.05) is 31.6 Å². The fourth-order valence-electron chi connectivity index (χ4n) is 3.05. The largest absolute Gasteiger partial charge is 0.376 e. The Labute approximate surface area is 190 Å². The van der Waals surface area contributed by atoms with Crippen molar-refractivity contribution in [1.82, 2.24) is 10.6 Å². The van der Waals surface area contributed by atoms with Crippen LogP contribution in [0.5, 0.6) is 0 Å². The lowest BCUT2D eigenvalue weighted by molar-refractivity contribution is 0.0239. The maximum Gasteiger partial charge on any atom is 0.253 e. The van der Waals surface area contributed by atoms with Gasteiger partial charge in [0, 0.05) is 28.9 Å². The predicted octanol–water partition coefficient (Wildman–Crippen LogP) is 4.49. The molecule has 1 unspecified atom stereocenters. The van der Waals surface area contributed by atoms with Crippen LogP contribution in [0, 0.1) is 22.1 Å². The Morgan fingerprint density at radius 1 is 1.34 bits per heavy atom. The summed E-state index contributed by atoms with van der Waals surface area (Å²) in [5.74, 6) is -2.64. The number of nitrogens with one attached hydrogen (secondary N) is 3. The summed E-state index contributed by atoms with van der Waals surface area (Å²) in [6, 6.07) is 6.82. The smallest absolute Gasteiger partial charge is 0.253 e. The molecule has 2 aromatic rings. The Morgan fingerprint density at radius 3 is 2.83 bits per heavy atom. The molecule has 0 radical (unpaired) electrons. The van der Waals surface area contributed by atoms with Gasteiger partial charge in [-0.2, -0.15) is 0 Å². The second-order valence-corrected chi connectivity index (χ2v) is 8.83. The summed E-state index contributed by atoms with van der Waals surface area (Å²) < 4.78 is 35.4. The van der Waals surface area contributed by atoms with Gasteiger partial charge in [-0.1, -0.05) is 0 Å². The van der Waals surface area contributed by atoms with Crippen LogP contribution in [0.1, 0.15) is 22.3 Å². The normalized spacial score (nSPS) is 16.5. The fraction of sp³-hybridized carbons (Fsp3) is 0.350. The van der Waals surface area contributed by atoms with Gasteiger partial charge in [0.2, 0.25) is 0 Å². The maximum absolute atomic E-state index is 14.7. The number of carbonyl (C=O) groups excluding carboxylic acids is 1. The number of hydrogen-bond donors (Lipinski definition) is 3. The van der Waals surface area contributed by atoms with E-state index in [4.69, 9.17) is 4.74 Å². The molecular weight excluding hydrogens is 559 g/mol. The molecule has 0 bridgehead atoms. The molecule has 1 saturated heterocycles. The van der Waals surface area contributed by atoms with Crippen LogP contribution in [0.15, 0.2) is 28.7 Å². The lowest BCUT2D eigenvalue weighted by Crippen LogP contribution is -2.40. The van der Waals surface area contributed by atoms with Crippen molar-refractivity contribution < 1.29 is 18.3 Å². The highest BCUT2D eigenvalue weighted by molar-refractivity contribution is 14.1. The summed E-state index contributed by atoms with van der Waals surface area (Å²) in [6.45, 7) is 4.40. The summed E-state index contributed by atoms with van der Waals surface area (Å²) in [5.41, 5.74) is 1.29. The van der Waals surface area contributed by atoms with Crippen molar-refractivity contribution in [3.63, 3.8) is 0 Å². The molecule has 0 aliphatic carbocycles. The lowest BCUT2D eigenvalue weighted by atomic mass is 10.1. The van der Waals surface area contributed by atoms with Crippen LogP contribution < -0.4 is 16.0 Å². The number of carbonyl (C=O) groups is 1. The Hall–Kier alpha value is -1.30. The second kappa shape index (κ2) is 10.1. The number of hydrogen-bond acceptors (Lipinski definition) is 4. The first-order valence-electron chi connectivity index (χ1n) is 9.18. The van der Waals surface area contributed by atoms with Crippen LogP contribution in [0.25, 0.3) is 0 Å². The number of benzene rings is 2. The Kier molecular flexibility index (Phi) is 7.83. The fourth-order valence-corrected chi connectivity index (χ4v) is 4.10. The average Bonchev–Trinajstić information content (AvgIpc) is 2.70. The van der Waals surface area contributed by atoms with E-state index < -0.39 is 17.5 Å². The van der Waals surface area contributed by atoms with Gasteiger partial charge in [0.25, 0.3) is 5.91 Å². The highest BCUT2D eigenvalue weighted by Gasteiger charge is 2.23. The highest BCUT2D eigenvalue weighted by atomic mass is 127. The first-order chi connectivity index (χ1) is 13.9. The van der Waals surface area contributed by atoms with Gasteiger partial charge in [0.05, 0.1) is 28.4 Å². The molecule has 3 N–H and O–H groups in total. The SMILES string of the molecule is Cc1cc(I)ccc1Nc1c(C(=O)NCCC2CNCCO2)cc(Br)c(F)c1F. The van der Waals surface area contributed by atoms with Crippen molar-refractivity contribution in [2.24, 2.45) is 0 Å². The first kappa shape index (κ1) is 22.4. The number of anilines is 2. The Morgan fingerprint density at radius 2 is 2.14 bits per heavy atom. The van der Waals surface area contributed by atoms with Crippen LogP contribution in [0.3, 0.4) is 0 Å². The molecule has 1 fully saturated rings. The predicted molar refractivity (Wildman–Crippen MR) is 121 cm³/mol. The molecule has 156 valence electrons. The number of ether oxygens (including phenoxy) is 1. The summed E-state index contributed by atoms with van der Waals surface area (Å²) in [7, 11) is 0. The zero-order valence-corrected chi connectivity index (χ0v) is 19.5. The minimum Gasteiger partial charge on any atom is -0.376 e. The van der Waals surface area contributed by atoms with Crippen LogP contribution in [-0.4, -0.2) is 38.3 Å². The molecule has 2 aromatic carbocycles. The van der Waals surface area contributed by atoms with Crippen molar-refractivity contribution >= 4 is 55.8 Å². The molecule has 1 aliphatic heterocycles. The van der Waals surface area contributed by atoms with E-state index in [0.717, 1.165) is 22.2 Å². The van der Waals surface area contributed by atoms with Crippen molar-refractivity contribution in [2.45, 2.75) is 19.4 Å². The third-order valence-corrected chi connectivity index (χ3v) is 5.86. The third-order valence-electron chi connectivity index (χ3n) is 4.61. The van der Waals surface area contributed by atoms with Gasteiger partial charge in [-0.05, 0) is 81.7 Å². The molecule has 1 aliphatic rings. The standard InChI is InChI=1S/C20H21BrF2IN3O2/c1-11-8-12(24)2-3-16(11)27-19-14(9-15(21)17(22)18(19)23)20(28)26-5-4-13-10-25-6-7-29-13/h2-3,8-9,13,25,27H,4-7,10H2,1H3,(H,26,28). The summed E-state index contributed by atoms with van der Waals surface area (Å²) >= 11 is 5.16. The quantitative estimate of drug-likeness (QED) is 0.349. The van der Waals surface area contributed by atoms with Crippen LogP contribution in [0.2, 0.25) is 0 Å². The van der Waals surface area contributed by atoms with Gasteiger partial charge in [-0.15, -0.1) is 0 Å². The zero-order chi connectivity index (χ0) is 21.0. The van der Waals surface area contributed by atoms with Crippen LogP contribution in [-0.2, 0) is 4.74 Å². The van der Waals surface area contributed by atoms with Crippen molar-refractivity contribution in [1.29, 1.82) is 0 Å². The van der Waals surface area contributed by atoms with E-state index in [1.165, 1.54) is 6.07 Å². The van der Waals surface area contributed by atoms with E-state index in [0.29, 0.717) is 25.3 Å². The monoisotopic (exact) mass is 579 g/mol. The number of morpholine rings is 1. The first-order valence-corrected chi connectivity index (χ1v) is 11.0. The third kappa shape index (κ3) is 5.65. The molecule has 0 saturated carbocycles. The van der Waals surface area contributed by atoms with E-state index in [1.807, 2.05) is 19.1 Å². The number of rotatable bonds is 6.